The molecule has 28 heavy (non-hydrogen) atoms. The molecule has 1 atom stereocenters. The lowest BCUT2D eigenvalue weighted by Crippen LogP contribution is -2.28. The number of anilines is 1. The van der Waals surface area contributed by atoms with E-state index in [1.165, 1.54) is 0 Å². The van der Waals surface area contributed by atoms with E-state index in [9.17, 15) is 9.90 Å². The summed E-state index contributed by atoms with van der Waals surface area (Å²) in [7, 11) is 1.83. The Bertz CT molecular complexity index is 1060. The highest BCUT2D eigenvalue weighted by Crippen LogP contribution is 2.37. The Morgan fingerprint density at radius 3 is 2.93 bits per heavy atom. The molecule has 1 unspecified atom stereocenters. The molecule has 1 aliphatic rings. The summed E-state index contributed by atoms with van der Waals surface area (Å²) in [5.41, 5.74) is 2.07. The van der Waals surface area contributed by atoms with E-state index < -0.39 is 5.91 Å². The molecule has 144 valence electrons. The molecular formula is C20H21N5O3. The van der Waals surface area contributed by atoms with Crippen LogP contribution in [0.1, 0.15) is 36.2 Å². The third kappa shape index (κ3) is 3.28. The van der Waals surface area contributed by atoms with Gasteiger partial charge in [-0.1, -0.05) is 13.0 Å². The Morgan fingerprint density at radius 1 is 1.39 bits per heavy atom. The van der Waals surface area contributed by atoms with Crippen molar-refractivity contribution in [3.8, 4) is 23.0 Å². The number of aryl methyl sites for hydroxylation is 1. The van der Waals surface area contributed by atoms with E-state index in [0.29, 0.717) is 23.8 Å². The molecule has 0 aromatic carbocycles. The number of nitrogens with one attached hydrogen (secondary N) is 1. The second-order valence-corrected chi connectivity index (χ2v) is 7.17. The zero-order valence-corrected chi connectivity index (χ0v) is 15.9. The second-order valence-electron chi connectivity index (χ2n) is 7.17. The quantitative estimate of drug-likeness (QED) is 0.723. The van der Waals surface area contributed by atoms with Crippen LogP contribution in [0.2, 0.25) is 0 Å². The van der Waals surface area contributed by atoms with E-state index in [-0.39, 0.29) is 17.0 Å². The second kappa shape index (κ2) is 6.63. The van der Waals surface area contributed by atoms with E-state index in [0.717, 1.165) is 17.5 Å². The number of ether oxygens (including phenoxy) is 1. The van der Waals surface area contributed by atoms with Crippen molar-refractivity contribution in [3.05, 3.63) is 47.8 Å². The van der Waals surface area contributed by atoms with Crippen LogP contribution in [0.3, 0.4) is 0 Å². The van der Waals surface area contributed by atoms with Crippen LogP contribution in [0.4, 0.5) is 5.82 Å². The minimum Gasteiger partial charge on any atom is -0.493 e. The first-order chi connectivity index (χ1) is 13.4. The van der Waals surface area contributed by atoms with Gasteiger partial charge in [-0.05, 0) is 31.5 Å². The average Bonchev–Trinajstić information content (AvgIpc) is 3.24. The van der Waals surface area contributed by atoms with Crippen molar-refractivity contribution in [1.29, 1.82) is 0 Å². The summed E-state index contributed by atoms with van der Waals surface area (Å²) in [5.74, 6) is -0.0789. The largest absolute Gasteiger partial charge is 0.493 e. The number of nitrogens with zero attached hydrogens (tertiary/aromatic N) is 4. The lowest BCUT2D eigenvalue weighted by atomic mass is 9.96. The minimum absolute atomic E-state index is 0.0938. The smallest absolute Gasteiger partial charge is 0.262 e. The Hall–Kier alpha value is -3.42. The Kier molecular flexibility index (Phi) is 4.26. The molecule has 0 saturated carbocycles. The van der Waals surface area contributed by atoms with Crippen LogP contribution in [0.15, 0.2) is 36.7 Å². The molecule has 0 saturated heterocycles. The highest BCUT2D eigenvalue weighted by molar-refractivity contribution is 6.05. The van der Waals surface area contributed by atoms with Crippen molar-refractivity contribution in [3.63, 3.8) is 0 Å². The van der Waals surface area contributed by atoms with Crippen molar-refractivity contribution in [2.45, 2.75) is 32.3 Å². The zero-order valence-electron chi connectivity index (χ0n) is 15.9. The van der Waals surface area contributed by atoms with Crippen LogP contribution >= 0.6 is 0 Å². The molecule has 0 spiro atoms. The molecule has 3 aromatic heterocycles. The van der Waals surface area contributed by atoms with Gasteiger partial charge in [0.25, 0.3) is 5.91 Å². The normalized spacial score (nSPS) is 17.8. The first-order valence-corrected chi connectivity index (χ1v) is 9.06. The fourth-order valence-corrected chi connectivity index (χ4v) is 3.18. The summed E-state index contributed by atoms with van der Waals surface area (Å²) in [4.78, 5) is 21.2. The average molecular weight is 379 g/mol. The summed E-state index contributed by atoms with van der Waals surface area (Å²) in [6.45, 7) is 4.01. The molecule has 0 fully saturated rings. The minimum atomic E-state index is -0.478. The maximum Gasteiger partial charge on any atom is 0.262 e. The van der Waals surface area contributed by atoms with Gasteiger partial charge in [0.05, 0.1) is 11.9 Å². The SMILES string of the molecule is CCC1(C)Cc2cc(C(=O)Nc3cccc(-c4cnn(C)c4)n3)c(O)nc2O1. The molecular weight excluding hydrogens is 358 g/mol. The van der Waals surface area contributed by atoms with Gasteiger partial charge in [-0.2, -0.15) is 10.1 Å². The number of amides is 1. The predicted molar refractivity (Wildman–Crippen MR) is 103 cm³/mol. The van der Waals surface area contributed by atoms with Crippen molar-refractivity contribution in [2.24, 2.45) is 7.05 Å². The standard InChI is InChI=1S/C20H21N5O3/c1-4-20(2)9-12-8-14(18(27)24-19(12)28-20)17(26)23-16-7-5-6-15(22-16)13-10-21-25(3)11-13/h5-8,10-11H,4,9H2,1-3H3,(H,24,27)(H,22,23,26). The fraction of sp³-hybridized carbons (Fsp3) is 0.300. The molecule has 4 rings (SSSR count). The Labute approximate surface area is 162 Å². The van der Waals surface area contributed by atoms with Crippen molar-refractivity contribution in [2.75, 3.05) is 5.32 Å². The lowest BCUT2D eigenvalue weighted by molar-refractivity contribution is 0.102. The molecule has 1 amide bonds. The maximum absolute atomic E-state index is 12.7. The number of carbonyl (C=O) groups is 1. The summed E-state index contributed by atoms with van der Waals surface area (Å²) in [6.07, 6.45) is 4.99. The van der Waals surface area contributed by atoms with E-state index in [1.54, 1.807) is 29.1 Å². The summed E-state index contributed by atoms with van der Waals surface area (Å²) in [5, 5.41) is 17.1. The number of fused-ring (bicyclic) bond motifs is 1. The van der Waals surface area contributed by atoms with Crippen LogP contribution in [0, 0.1) is 0 Å². The number of hydrogen-bond donors (Lipinski definition) is 2. The third-order valence-electron chi connectivity index (χ3n) is 4.93. The highest BCUT2D eigenvalue weighted by atomic mass is 16.5. The van der Waals surface area contributed by atoms with Crippen molar-refractivity contribution >= 4 is 11.7 Å². The number of pyridine rings is 2. The number of carbonyl (C=O) groups excluding carboxylic acids is 1. The summed E-state index contributed by atoms with van der Waals surface area (Å²) < 4.78 is 7.50. The zero-order chi connectivity index (χ0) is 19.9. The predicted octanol–water partition coefficient (Wildman–Crippen LogP) is 2.94. The molecule has 0 radical (unpaired) electrons. The molecule has 1 aliphatic heterocycles. The van der Waals surface area contributed by atoms with Gasteiger partial charge < -0.3 is 15.2 Å². The summed E-state index contributed by atoms with van der Waals surface area (Å²) >= 11 is 0. The number of aromatic hydroxyl groups is 1. The van der Waals surface area contributed by atoms with Crippen molar-refractivity contribution < 1.29 is 14.6 Å². The van der Waals surface area contributed by atoms with Gasteiger partial charge in [0.2, 0.25) is 11.8 Å². The van der Waals surface area contributed by atoms with Gasteiger partial charge in [0, 0.05) is 30.8 Å². The molecule has 3 aromatic rings. The van der Waals surface area contributed by atoms with Crippen LogP contribution in [0.5, 0.6) is 11.8 Å². The van der Waals surface area contributed by atoms with E-state index in [2.05, 4.69) is 20.4 Å². The first-order valence-electron chi connectivity index (χ1n) is 9.06. The molecule has 0 bridgehead atoms. The van der Waals surface area contributed by atoms with E-state index in [4.69, 9.17) is 4.74 Å². The monoisotopic (exact) mass is 379 g/mol. The van der Waals surface area contributed by atoms with Gasteiger partial charge in [-0.3, -0.25) is 9.48 Å². The van der Waals surface area contributed by atoms with Crippen LogP contribution in [-0.4, -0.2) is 36.4 Å². The van der Waals surface area contributed by atoms with Gasteiger partial charge in [-0.25, -0.2) is 4.98 Å². The fourth-order valence-electron chi connectivity index (χ4n) is 3.18. The summed E-state index contributed by atoms with van der Waals surface area (Å²) in [6, 6.07) is 6.96. The third-order valence-corrected chi connectivity index (χ3v) is 4.93. The molecule has 8 heteroatoms. The number of hydrogen-bond acceptors (Lipinski definition) is 6. The molecule has 2 N–H and O–H groups in total. The van der Waals surface area contributed by atoms with Crippen molar-refractivity contribution in [1.82, 2.24) is 19.7 Å². The Balaban J connectivity index is 1.58. The van der Waals surface area contributed by atoms with Gasteiger partial charge in [0.1, 0.15) is 17.0 Å². The van der Waals surface area contributed by atoms with Crippen LogP contribution < -0.4 is 10.1 Å². The van der Waals surface area contributed by atoms with Gasteiger partial charge >= 0.3 is 0 Å². The van der Waals surface area contributed by atoms with Gasteiger partial charge in [0.15, 0.2) is 0 Å². The first kappa shape index (κ1) is 18.0. The number of aromatic nitrogens is 4. The molecule has 4 heterocycles. The van der Waals surface area contributed by atoms with Gasteiger partial charge in [-0.15, -0.1) is 0 Å². The molecule has 8 nitrogen and oxygen atoms in total. The molecule has 0 aliphatic carbocycles. The van der Waals surface area contributed by atoms with E-state index in [1.807, 2.05) is 33.2 Å². The highest BCUT2D eigenvalue weighted by Gasteiger charge is 2.35. The van der Waals surface area contributed by atoms with Crippen LogP contribution in [-0.2, 0) is 13.5 Å². The van der Waals surface area contributed by atoms with Crippen LogP contribution in [0.25, 0.3) is 11.3 Å². The maximum atomic E-state index is 12.7. The van der Waals surface area contributed by atoms with E-state index >= 15 is 0 Å². The topological polar surface area (TPSA) is 102 Å². The number of rotatable bonds is 4. The lowest BCUT2D eigenvalue weighted by Gasteiger charge is -2.20. The Morgan fingerprint density at radius 2 is 2.21 bits per heavy atom.